The number of benzene rings is 2. The molecule has 0 aliphatic heterocycles. The van der Waals surface area contributed by atoms with Crippen molar-refractivity contribution in [2.75, 3.05) is 7.11 Å². The normalized spacial score (nSPS) is 10.5. The second-order valence-electron chi connectivity index (χ2n) is 5.80. The number of amides is 2. The van der Waals surface area contributed by atoms with Crippen LogP contribution in [0.1, 0.15) is 20.8 Å². The summed E-state index contributed by atoms with van der Waals surface area (Å²) in [6.07, 6.45) is 1.24. The number of aromatic hydroxyl groups is 1. The van der Waals surface area contributed by atoms with E-state index in [1.807, 2.05) is 0 Å². The molecule has 0 saturated heterocycles. The molecule has 156 valence electrons. The molecule has 2 amide bonds. The fourth-order valence-electron chi connectivity index (χ4n) is 2.49. The van der Waals surface area contributed by atoms with E-state index in [4.69, 9.17) is 4.74 Å². The Morgan fingerprint density at radius 1 is 1.07 bits per heavy atom. The van der Waals surface area contributed by atoms with Gasteiger partial charge in [0.15, 0.2) is 22.9 Å². The maximum absolute atomic E-state index is 12.5. The van der Waals surface area contributed by atoms with Crippen molar-refractivity contribution in [1.29, 1.82) is 0 Å². The van der Waals surface area contributed by atoms with Crippen molar-refractivity contribution in [3.63, 3.8) is 0 Å². The van der Waals surface area contributed by atoms with Gasteiger partial charge < -0.3 is 14.6 Å². The average molecular weight is 418 g/mol. The molecular formula is C19H16F2N4O5. The number of hydrogen-bond donors (Lipinski definition) is 3. The summed E-state index contributed by atoms with van der Waals surface area (Å²) in [5, 5.41) is 13.9. The molecule has 0 spiro atoms. The van der Waals surface area contributed by atoms with E-state index < -0.39 is 24.2 Å². The van der Waals surface area contributed by atoms with Gasteiger partial charge in [-0.1, -0.05) is 18.2 Å². The number of alkyl halides is 2. The minimum atomic E-state index is -3.11. The summed E-state index contributed by atoms with van der Waals surface area (Å²) in [7, 11) is 1.26. The van der Waals surface area contributed by atoms with Gasteiger partial charge >= 0.3 is 6.61 Å². The molecule has 0 unspecified atom stereocenters. The molecular weight excluding hydrogens is 402 g/mol. The first-order valence-corrected chi connectivity index (χ1v) is 8.46. The molecule has 9 nitrogen and oxygen atoms in total. The van der Waals surface area contributed by atoms with Crippen molar-refractivity contribution in [3.05, 3.63) is 66.0 Å². The third kappa shape index (κ3) is 4.63. The van der Waals surface area contributed by atoms with Crippen LogP contribution in [0.4, 0.5) is 8.78 Å². The number of hydrazine groups is 1. The first-order valence-electron chi connectivity index (χ1n) is 8.46. The zero-order valence-electron chi connectivity index (χ0n) is 15.5. The van der Waals surface area contributed by atoms with Crippen molar-refractivity contribution in [1.82, 2.24) is 20.6 Å². The predicted molar refractivity (Wildman–Crippen MR) is 99.8 cm³/mol. The molecule has 0 radical (unpaired) electrons. The zero-order valence-corrected chi connectivity index (χ0v) is 15.5. The van der Waals surface area contributed by atoms with Crippen molar-refractivity contribution < 1.29 is 33.0 Å². The van der Waals surface area contributed by atoms with Crippen molar-refractivity contribution in [2.24, 2.45) is 0 Å². The minimum Gasteiger partial charge on any atom is -0.504 e. The summed E-state index contributed by atoms with van der Waals surface area (Å²) in [6, 6.07) is 12.4. The molecule has 1 aromatic heterocycles. The number of halogens is 2. The molecule has 0 aliphatic rings. The Labute approximate surface area is 168 Å². The molecule has 0 aliphatic carbocycles. The number of ether oxygens (including phenoxy) is 2. The molecule has 0 fully saturated rings. The van der Waals surface area contributed by atoms with Gasteiger partial charge in [0.2, 0.25) is 0 Å². The standard InChI is InChI=1S/C19H16F2N4O5/c1-29-14-8-7-11(9-15(14)30-19(20)21)17(27)22-23-18(28)16-13(26)10-25(24-16)12-5-3-2-4-6-12/h2-10,19,26H,1H3,(H,22,27)(H,23,28). The van der Waals surface area contributed by atoms with E-state index >= 15 is 0 Å². The van der Waals surface area contributed by atoms with Crippen molar-refractivity contribution >= 4 is 11.8 Å². The van der Waals surface area contributed by atoms with Gasteiger partial charge in [0.05, 0.1) is 19.0 Å². The molecule has 0 atom stereocenters. The third-order valence-corrected chi connectivity index (χ3v) is 3.86. The lowest BCUT2D eigenvalue weighted by molar-refractivity contribution is -0.0512. The summed E-state index contributed by atoms with van der Waals surface area (Å²) in [6.45, 7) is -3.11. The highest BCUT2D eigenvalue weighted by Gasteiger charge is 2.19. The number of methoxy groups -OCH3 is 1. The smallest absolute Gasteiger partial charge is 0.387 e. The molecule has 2 aromatic carbocycles. The topological polar surface area (TPSA) is 115 Å². The lowest BCUT2D eigenvalue weighted by atomic mass is 10.2. The van der Waals surface area contributed by atoms with Gasteiger partial charge in [-0.05, 0) is 30.3 Å². The van der Waals surface area contributed by atoms with Gasteiger partial charge in [-0.15, -0.1) is 0 Å². The third-order valence-electron chi connectivity index (χ3n) is 3.86. The zero-order chi connectivity index (χ0) is 21.7. The molecule has 0 bridgehead atoms. The molecule has 3 N–H and O–H groups in total. The Balaban J connectivity index is 1.69. The molecule has 3 rings (SSSR count). The lowest BCUT2D eigenvalue weighted by Crippen LogP contribution is -2.41. The first-order chi connectivity index (χ1) is 14.4. The monoisotopic (exact) mass is 418 g/mol. The number of rotatable bonds is 6. The van der Waals surface area contributed by atoms with E-state index in [-0.39, 0.29) is 22.8 Å². The summed E-state index contributed by atoms with van der Waals surface area (Å²) in [4.78, 5) is 24.5. The highest BCUT2D eigenvalue weighted by atomic mass is 19.3. The Kier molecular flexibility index (Phi) is 6.11. The fraction of sp³-hybridized carbons (Fsp3) is 0.105. The van der Waals surface area contributed by atoms with Crippen LogP contribution in [0.2, 0.25) is 0 Å². The Morgan fingerprint density at radius 3 is 2.43 bits per heavy atom. The SMILES string of the molecule is COc1ccc(C(=O)NNC(=O)c2nn(-c3ccccc3)cc2O)cc1OC(F)F. The highest BCUT2D eigenvalue weighted by Crippen LogP contribution is 2.29. The van der Waals surface area contributed by atoms with Crippen LogP contribution in [0.25, 0.3) is 5.69 Å². The minimum absolute atomic E-state index is 0.00672. The second kappa shape index (κ2) is 8.90. The van der Waals surface area contributed by atoms with Gasteiger partial charge in [0.25, 0.3) is 11.8 Å². The Bertz CT molecular complexity index is 1060. The lowest BCUT2D eigenvalue weighted by Gasteiger charge is -2.12. The fourth-order valence-corrected chi connectivity index (χ4v) is 2.49. The number of nitrogens with one attached hydrogen (secondary N) is 2. The van der Waals surface area contributed by atoms with Crippen LogP contribution < -0.4 is 20.3 Å². The van der Waals surface area contributed by atoms with E-state index in [1.54, 1.807) is 30.3 Å². The number of hydrogen-bond acceptors (Lipinski definition) is 6. The van der Waals surface area contributed by atoms with Crippen LogP contribution in [0, 0.1) is 0 Å². The number of para-hydroxylation sites is 1. The quantitative estimate of drug-likeness (QED) is 0.529. The van der Waals surface area contributed by atoms with Crippen LogP contribution >= 0.6 is 0 Å². The van der Waals surface area contributed by atoms with Crippen molar-refractivity contribution in [2.45, 2.75) is 6.61 Å². The highest BCUT2D eigenvalue weighted by molar-refractivity contribution is 5.99. The van der Waals surface area contributed by atoms with Crippen LogP contribution in [0.5, 0.6) is 17.2 Å². The summed E-state index contributed by atoms with van der Waals surface area (Å²) in [5.74, 6) is -2.43. The molecule has 1 heterocycles. The molecule has 3 aromatic rings. The summed E-state index contributed by atoms with van der Waals surface area (Å²) in [5.41, 5.74) is 4.42. The van der Waals surface area contributed by atoms with Gasteiger partial charge in [-0.2, -0.15) is 13.9 Å². The largest absolute Gasteiger partial charge is 0.504 e. The maximum Gasteiger partial charge on any atom is 0.387 e. The van der Waals surface area contributed by atoms with Crippen LogP contribution in [0.3, 0.4) is 0 Å². The van der Waals surface area contributed by atoms with Gasteiger partial charge in [-0.25, -0.2) is 4.68 Å². The van der Waals surface area contributed by atoms with E-state index in [0.29, 0.717) is 5.69 Å². The van der Waals surface area contributed by atoms with Crippen LogP contribution in [-0.2, 0) is 0 Å². The number of aromatic nitrogens is 2. The average Bonchev–Trinajstić information content (AvgIpc) is 3.13. The van der Waals surface area contributed by atoms with Gasteiger partial charge in [-0.3, -0.25) is 20.4 Å². The molecule has 0 saturated carbocycles. The van der Waals surface area contributed by atoms with E-state index in [9.17, 15) is 23.5 Å². The first kappa shape index (κ1) is 20.6. The summed E-state index contributed by atoms with van der Waals surface area (Å²) < 4.78 is 35.5. The molecule has 11 heteroatoms. The van der Waals surface area contributed by atoms with E-state index in [2.05, 4.69) is 20.7 Å². The predicted octanol–water partition coefficient (Wildman–Crippen LogP) is 2.26. The Morgan fingerprint density at radius 2 is 1.77 bits per heavy atom. The van der Waals surface area contributed by atoms with Crippen LogP contribution in [0.15, 0.2) is 54.7 Å². The number of carbonyl (C=O) groups excluding carboxylic acids is 2. The van der Waals surface area contributed by atoms with Gasteiger partial charge in [0, 0.05) is 5.56 Å². The number of carbonyl (C=O) groups is 2. The maximum atomic E-state index is 12.5. The van der Waals surface area contributed by atoms with Gasteiger partial charge in [0.1, 0.15) is 0 Å². The molecule has 30 heavy (non-hydrogen) atoms. The van der Waals surface area contributed by atoms with Crippen molar-refractivity contribution in [3.8, 4) is 22.9 Å². The number of nitrogens with zero attached hydrogens (tertiary/aromatic N) is 2. The van der Waals surface area contributed by atoms with Crippen LogP contribution in [-0.4, -0.2) is 40.4 Å². The summed E-state index contributed by atoms with van der Waals surface area (Å²) >= 11 is 0. The van der Waals surface area contributed by atoms with E-state index in [1.165, 1.54) is 30.1 Å². The second-order valence-corrected chi connectivity index (χ2v) is 5.80. The Hall–Kier alpha value is -4.15. The van der Waals surface area contributed by atoms with E-state index in [0.717, 1.165) is 6.07 Å².